The summed E-state index contributed by atoms with van der Waals surface area (Å²) in [4.78, 5) is 2.37. The Morgan fingerprint density at radius 1 is 1.47 bits per heavy atom. The van der Waals surface area contributed by atoms with Crippen molar-refractivity contribution in [2.75, 3.05) is 27.2 Å². The van der Waals surface area contributed by atoms with Crippen molar-refractivity contribution < 1.29 is 4.74 Å². The van der Waals surface area contributed by atoms with Gasteiger partial charge in [-0.1, -0.05) is 17.7 Å². The van der Waals surface area contributed by atoms with Gasteiger partial charge < -0.3 is 15.0 Å². The fourth-order valence-corrected chi connectivity index (χ4v) is 2.40. The summed E-state index contributed by atoms with van der Waals surface area (Å²) in [6.45, 7) is 5.35. The number of hydrogen-bond donors (Lipinski definition) is 1. The number of likely N-dealkylation sites (tertiary alicyclic amines) is 1. The molecule has 1 aromatic rings. The lowest BCUT2D eigenvalue weighted by atomic mass is 10.1. The van der Waals surface area contributed by atoms with E-state index in [4.69, 9.17) is 4.74 Å². The number of nitrogens with one attached hydrogen (secondary N) is 1. The van der Waals surface area contributed by atoms with E-state index < -0.39 is 0 Å². The lowest BCUT2D eigenvalue weighted by molar-refractivity contribution is 0.391. The minimum atomic E-state index is 0.616. The Morgan fingerprint density at radius 2 is 2.29 bits per heavy atom. The number of rotatable bonds is 4. The molecule has 0 amide bonds. The van der Waals surface area contributed by atoms with Crippen LogP contribution >= 0.6 is 0 Å². The predicted molar refractivity (Wildman–Crippen MR) is 70.5 cm³/mol. The molecule has 1 aliphatic heterocycles. The zero-order chi connectivity index (χ0) is 12.3. The van der Waals surface area contributed by atoms with Crippen LogP contribution in [0.3, 0.4) is 0 Å². The molecule has 0 saturated carbocycles. The standard InChI is InChI=1S/C14H22N2O/c1-11-4-5-14(17-3)12(8-11)9-15-13-6-7-16(2)10-13/h4-5,8,13,15H,6-7,9-10H2,1-3H3. The van der Waals surface area contributed by atoms with Gasteiger partial charge in [-0.05, 0) is 33.0 Å². The van der Waals surface area contributed by atoms with Crippen LogP contribution in [0, 0.1) is 6.92 Å². The van der Waals surface area contributed by atoms with Gasteiger partial charge in [0.1, 0.15) is 5.75 Å². The van der Waals surface area contributed by atoms with Gasteiger partial charge in [-0.25, -0.2) is 0 Å². The van der Waals surface area contributed by atoms with Crippen molar-refractivity contribution in [1.29, 1.82) is 0 Å². The Labute approximate surface area is 104 Å². The molecule has 1 atom stereocenters. The maximum atomic E-state index is 5.39. The van der Waals surface area contributed by atoms with E-state index in [9.17, 15) is 0 Å². The quantitative estimate of drug-likeness (QED) is 0.859. The first kappa shape index (κ1) is 12.4. The summed E-state index contributed by atoms with van der Waals surface area (Å²) < 4.78 is 5.39. The lowest BCUT2D eigenvalue weighted by Crippen LogP contribution is -2.31. The molecule has 17 heavy (non-hydrogen) atoms. The van der Waals surface area contributed by atoms with E-state index in [1.165, 1.54) is 24.1 Å². The molecule has 1 heterocycles. The molecule has 1 aliphatic rings. The van der Waals surface area contributed by atoms with Crippen molar-refractivity contribution in [3.63, 3.8) is 0 Å². The molecular weight excluding hydrogens is 212 g/mol. The van der Waals surface area contributed by atoms with Crippen molar-refractivity contribution in [1.82, 2.24) is 10.2 Å². The molecule has 1 N–H and O–H groups in total. The highest BCUT2D eigenvalue weighted by atomic mass is 16.5. The van der Waals surface area contributed by atoms with Crippen molar-refractivity contribution in [2.45, 2.75) is 25.9 Å². The summed E-state index contributed by atoms with van der Waals surface area (Å²) >= 11 is 0. The maximum absolute atomic E-state index is 5.39. The molecule has 0 bridgehead atoms. The Bertz CT molecular complexity index is 378. The molecule has 1 unspecified atom stereocenters. The monoisotopic (exact) mass is 234 g/mol. The maximum Gasteiger partial charge on any atom is 0.123 e. The number of likely N-dealkylation sites (N-methyl/N-ethyl adjacent to an activating group) is 1. The highest BCUT2D eigenvalue weighted by Crippen LogP contribution is 2.20. The van der Waals surface area contributed by atoms with E-state index in [0.29, 0.717) is 6.04 Å². The van der Waals surface area contributed by atoms with E-state index in [0.717, 1.165) is 18.8 Å². The third-order valence-electron chi connectivity index (χ3n) is 3.41. The number of methoxy groups -OCH3 is 1. The summed E-state index contributed by atoms with van der Waals surface area (Å²) in [5.41, 5.74) is 2.54. The second-order valence-electron chi connectivity index (χ2n) is 4.94. The van der Waals surface area contributed by atoms with E-state index in [1.54, 1.807) is 7.11 Å². The average molecular weight is 234 g/mol. The first-order valence-corrected chi connectivity index (χ1v) is 6.24. The van der Waals surface area contributed by atoms with Crippen molar-refractivity contribution in [3.8, 4) is 5.75 Å². The van der Waals surface area contributed by atoms with E-state index in [1.807, 2.05) is 6.07 Å². The second-order valence-corrected chi connectivity index (χ2v) is 4.94. The summed E-state index contributed by atoms with van der Waals surface area (Å²) in [6.07, 6.45) is 1.24. The molecule has 2 rings (SSSR count). The Kier molecular flexibility index (Phi) is 4.02. The van der Waals surface area contributed by atoms with Crippen LogP contribution in [0.25, 0.3) is 0 Å². The van der Waals surface area contributed by atoms with Crippen LogP contribution in [-0.4, -0.2) is 38.2 Å². The van der Waals surface area contributed by atoms with Gasteiger partial charge in [0.25, 0.3) is 0 Å². The average Bonchev–Trinajstić information content (AvgIpc) is 2.73. The van der Waals surface area contributed by atoms with Crippen molar-refractivity contribution in [3.05, 3.63) is 29.3 Å². The molecule has 1 saturated heterocycles. The number of ether oxygens (including phenoxy) is 1. The smallest absolute Gasteiger partial charge is 0.123 e. The van der Waals surface area contributed by atoms with Gasteiger partial charge in [-0.3, -0.25) is 0 Å². The SMILES string of the molecule is COc1ccc(C)cc1CNC1CCN(C)C1. The molecule has 3 nitrogen and oxygen atoms in total. The highest BCUT2D eigenvalue weighted by Gasteiger charge is 2.18. The third-order valence-corrected chi connectivity index (χ3v) is 3.41. The minimum Gasteiger partial charge on any atom is -0.496 e. The first-order chi connectivity index (χ1) is 8.19. The first-order valence-electron chi connectivity index (χ1n) is 6.24. The molecule has 0 radical (unpaired) electrons. The Morgan fingerprint density at radius 3 is 2.94 bits per heavy atom. The van der Waals surface area contributed by atoms with Crippen LogP contribution in [0.5, 0.6) is 5.75 Å². The predicted octanol–water partition coefficient (Wildman–Crippen LogP) is 1.80. The molecule has 0 aliphatic carbocycles. The molecule has 3 heteroatoms. The Balaban J connectivity index is 1.96. The fourth-order valence-electron chi connectivity index (χ4n) is 2.40. The van der Waals surface area contributed by atoms with Crippen molar-refractivity contribution in [2.24, 2.45) is 0 Å². The molecule has 0 spiro atoms. The number of aryl methyl sites for hydroxylation is 1. The lowest BCUT2D eigenvalue weighted by Gasteiger charge is -2.15. The minimum absolute atomic E-state index is 0.616. The van der Waals surface area contributed by atoms with Crippen molar-refractivity contribution >= 4 is 0 Å². The van der Waals surface area contributed by atoms with Crippen LogP contribution in [-0.2, 0) is 6.54 Å². The van der Waals surface area contributed by atoms with Crippen LogP contribution in [0.1, 0.15) is 17.5 Å². The number of hydrogen-bond acceptors (Lipinski definition) is 3. The number of benzene rings is 1. The topological polar surface area (TPSA) is 24.5 Å². The fraction of sp³-hybridized carbons (Fsp3) is 0.571. The summed E-state index contributed by atoms with van der Waals surface area (Å²) in [6, 6.07) is 6.95. The molecule has 0 aromatic heterocycles. The normalized spacial score (nSPS) is 20.8. The molecular formula is C14H22N2O. The van der Waals surface area contributed by atoms with Gasteiger partial charge >= 0.3 is 0 Å². The van der Waals surface area contributed by atoms with Gasteiger partial charge in [0.2, 0.25) is 0 Å². The van der Waals surface area contributed by atoms with E-state index in [2.05, 4.69) is 36.3 Å². The van der Waals surface area contributed by atoms with Gasteiger partial charge in [0, 0.05) is 24.7 Å². The van der Waals surface area contributed by atoms with Gasteiger partial charge in [-0.2, -0.15) is 0 Å². The van der Waals surface area contributed by atoms with Gasteiger partial charge in [0.05, 0.1) is 7.11 Å². The summed E-state index contributed by atoms with van der Waals surface area (Å²) in [5, 5.41) is 3.61. The third kappa shape index (κ3) is 3.20. The Hall–Kier alpha value is -1.06. The van der Waals surface area contributed by atoms with Crippen LogP contribution in [0.4, 0.5) is 0 Å². The van der Waals surface area contributed by atoms with Gasteiger partial charge in [0.15, 0.2) is 0 Å². The highest BCUT2D eigenvalue weighted by molar-refractivity contribution is 5.36. The molecule has 1 aromatic carbocycles. The van der Waals surface area contributed by atoms with E-state index in [-0.39, 0.29) is 0 Å². The number of nitrogens with zero attached hydrogens (tertiary/aromatic N) is 1. The second kappa shape index (κ2) is 5.52. The molecule has 94 valence electrons. The van der Waals surface area contributed by atoms with E-state index >= 15 is 0 Å². The van der Waals surface area contributed by atoms with Crippen LogP contribution in [0.2, 0.25) is 0 Å². The van der Waals surface area contributed by atoms with Crippen LogP contribution in [0.15, 0.2) is 18.2 Å². The summed E-state index contributed by atoms with van der Waals surface area (Å²) in [5.74, 6) is 0.981. The van der Waals surface area contributed by atoms with Gasteiger partial charge in [-0.15, -0.1) is 0 Å². The largest absolute Gasteiger partial charge is 0.496 e. The molecule has 1 fully saturated rings. The zero-order valence-corrected chi connectivity index (χ0v) is 11.0. The zero-order valence-electron chi connectivity index (χ0n) is 11.0. The van der Waals surface area contributed by atoms with Crippen LogP contribution < -0.4 is 10.1 Å². The summed E-state index contributed by atoms with van der Waals surface area (Å²) in [7, 11) is 3.91.